The molecule has 0 aliphatic carbocycles. The molecular formula is C15H12ClNO. The van der Waals surface area contributed by atoms with Crippen LogP contribution in [0.2, 0.25) is 5.02 Å². The van der Waals surface area contributed by atoms with Crippen LogP contribution in [0, 0.1) is 0 Å². The maximum Gasteiger partial charge on any atom is 0.224 e. The molecule has 0 fully saturated rings. The van der Waals surface area contributed by atoms with E-state index in [9.17, 15) is 4.79 Å². The number of halogens is 1. The molecule has 1 heterocycles. The molecule has 0 spiro atoms. The van der Waals surface area contributed by atoms with Gasteiger partial charge >= 0.3 is 0 Å². The zero-order valence-corrected chi connectivity index (χ0v) is 10.5. The molecule has 18 heavy (non-hydrogen) atoms. The molecule has 3 heteroatoms. The Morgan fingerprint density at radius 2 is 1.67 bits per heavy atom. The second-order valence-corrected chi connectivity index (χ2v) is 4.86. The fourth-order valence-electron chi connectivity index (χ4n) is 2.21. The Morgan fingerprint density at radius 1 is 0.944 bits per heavy atom. The van der Waals surface area contributed by atoms with E-state index in [1.54, 1.807) is 0 Å². The molecule has 0 saturated heterocycles. The number of anilines is 1. The summed E-state index contributed by atoms with van der Waals surface area (Å²) in [6.07, 6.45) is 1.37. The number of nitrogens with one attached hydrogen (secondary N) is 1. The molecule has 3 rings (SSSR count). The molecule has 2 aromatic rings. The largest absolute Gasteiger partial charge is 0.326 e. The zero-order valence-electron chi connectivity index (χ0n) is 9.74. The van der Waals surface area contributed by atoms with E-state index in [0.29, 0.717) is 6.42 Å². The predicted octanol–water partition coefficient (Wildman–Crippen LogP) is 3.89. The topological polar surface area (TPSA) is 29.1 Å². The van der Waals surface area contributed by atoms with Crippen molar-refractivity contribution in [2.75, 3.05) is 5.32 Å². The number of fused-ring (bicyclic) bond motifs is 1. The summed E-state index contributed by atoms with van der Waals surface area (Å²) in [6.45, 7) is 0. The van der Waals surface area contributed by atoms with Gasteiger partial charge in [0, 0.05) is 17.1 Å². The van der Waals surface area contributed by atoms with Crippen LogP contribution in [0.15, 0.2) is 42.5 Å². The van der Waals surface area contributed by atoms with Crippen molar-refractivity contribution in [3.8, 4) is 11.1 Å². The molecule has 0 radical (unpaired) electrons. The molecule has 1 aliphatic rings. The van der Waals surface area contributed by atoms with Gasteiger partial charge in [0.05, 0.1) is 0 Å². The van der Waals surface area contributed by atoms with Crippen molar-refractivity contribution in [1.82, 2.24) is 0 Å². The maximum atomic E-state index is 11.3. The van der Waals surface area contributed by atoms with Crippen LogP contribution in [-0.2, 0) is 11.2 Å². The summed E-state index contributed by atoms with van der Waals surface area (Å²) in [7, 11) is 0. The zero-order chi connectivity index (χ0) is 12.5. The maximum absolute atomic E-state index is 11.3. The minimum Gasteiger partial charge on any atom is -0.326 e. The summed E-state index contributed by atoms with van der Waals surface area (Å²) < 4.78 is 0. The van der Waals surface area contributed by atoms with Gasteiger partial charge in [-0.3, -0.25) is 4.79 Å². The van der Waals surface area contributed by atoms with Crippen LogP contribution < -0.4 is 5.32 Å². The van der Waals surface area contributed by atoms with Crippen LogP contribution in [0.5, 0.6) is 0 Å². The monoisotopic (exact) mass is 257 g/mol. The normalized spacial score (nSPS) is 13.9. The lowest BCUT2D eigenvalue weighted by Gasteiger charge is -2.17. The molecule has 0 bridgehead atoms. The van der Waals surface area contributed by atoms with Crippen LogP contribution in [0.25, 0.3) is 11.1 Å². The molecule has 1 aliphatic heterocycles. The Bertz CT molecular complexity index is 604. The van der Waals surface area contributed by atoms with Crippen molar-refractivity contribution in [1.29, 1.82) is 0 Å². The third-order valence-corrected chi connectivity index (χ3v) is 3.43. The smallest absolute Gasteiger partial charge is 0.224 e. The standard InChI is InChI=1S/C15H12ClNO/c16-13-5-1-10(2-6-13)11-3-7-14-12(9-11)4-8-15(18)17-14/h1-3,5-7,9H,4,8H2,(H,17,18). The lowest BCUT2D eigenvalue weighted by atomic mass is 9.97. The van der Waals surface area contributed by atoms with Gasteiger partial charge in [0.1, 0.15) is 0 Å². The second kappa shape index (κ2) is 4.46. The molecule has 0 aromatic heterocycles. The Morgan fingerprint density at radius 3 is 2.44 bits per heavy atom. The van der Waals surface area contributed by atoms with Crippen molar-refractivity contribution in [3.63, 3.8) is 0 Å². The summed E-state index contributed by atoms with van der Waals surface area (Å²) in [5, 5.41) is 3.63. The van der Waals surface area contributed by atoms with E-state index >= 15 is 0 Å². The summed E-state index contributed by atoms with van der Waals surface area (Å²) in [4.78, 5) is 11.3. The van der Waals surface area contributed by atoms with Gasteiger partial charge in [-0.1, -0.05) is 29.8 Å². The van der Waals surface area contributed by atoms with Crippen molar-refractivity contribution in [2.24, 2.45) is 0 Å². The fourth-order valence-corrected chi connectivity index (χ4v) is 2.33. The summed E-state index contributed by atoms with van der Waals surface area (Å²) in [5.74, 6) is 0.0988. The average Bonchev–Trinajstić information content (AvgIpc) is 2.39. The molecule has 1 amide bonds. The molecule has 90 valence electrons. The van der Waals surface area contributed by atoms with E-state index < -0.39 is 0 Å². The van der Waals surface area contributed by atoms with Crippen LogP contribution in [0.3, 0.4) is 0 Å². The molecule has 0 unspecified atom stereocenters. The number of aryl methyl sites for hydroxylation is 1. The number of carbonyl (C=O) groups excluding carboxylic acids is 1. The minimum atomic E-state index is 0.0988. The predicted molar refractivity (Wildman–Crippen MR) is 73.8 cm³/mol. The van der Waals surface area contributed by atoms with Crippen LogP contribution >= 0.6 is 11.6 Å². The highest BCUT2D eigenvalue weighted by Crippen LogP contribution is 2.29. The number of hydrogen-bond donors (Lipinski definition) is 1. The summed E-state index contributed by atoms with van der Waals surface area (Å²) in [5.41, 5.74) is 4.42. The first-order chi connectivity index (χ1) is 8.72. The fraction of sp³-hybridized carbons (Fsp3) is 0.133. The van der Waals surface area contributed by atoms with Gasteiger partial charge in [0.15, 0.2) is 0 Å². The third-order valence-electron chi connectivity index (χ3n) is 3.18. The number of carbonyl (C=O) groups is 1. The molecule has 0 saturated carbocycles. The highest BCUT2D eigenvalue weighted by molar-refractivity contribution is 6.30. The van der Waals surface area contributed by atoms with Gasteiger partial charge in [0.2, 0.25) is 5.91 Å². The van der Waals surface area contributed by atoms with Crippen LogP contribution in [-0.4, -0.2) is 5.91 Å². The van der Waals surface area contributed by atoms with Gasteiger partial charge in [-0.2, -0.15) is 0 Å². The first kappa shape index (κ1) is 11.3. The Hall–Kier alpha value is -1.80. The molecular weight excluding hydrogens is 246 g/mol. The summed E-state index contributed by atoms with van der Waals surface area (Å²) in [6, 6.07) is 13.9. The van der Waals surface area contributed by atoms with Crippen molar-refractivity contribution in [3.05, 3.63) is 53.1 Å². The van der Waals surface area contributed by atoms with E-state index in [1.807, 2.05) is 36.4 Å². The van der Waals surface area contributed by atoms with E-state index in [1.165, 1.54) is 5.56 Å². The third kappa shape index (κ3) is 2.12. The summed E-state index contributed by atoms with van der Waals surface area (Å²) >= 11 is 5.88. The number of amides is 1. The van der Waals surface area contributed by atoms with Gasteiger partial charge in [-0.05, 0) is 47.4 Å². The quantitative estimate of drug-likeness (QED) is 0.825. The van der Waals surface area contributed by atoms with Crippen LogP contribution in [0.4, 0.5) is 5.69 Å². The van der Waals surface area contributed by atoms with Gasteiger partial charge < -0.3 is 5.32 Å². The Kier molecular flexibility index (Phi) is 2.80. The lowest BCUT2D eigenvalue weighted by molar-refractivity contribution is -0.116. The van der Waals surface area contributed by atoms with E-state index in [4.69, 9.17) is 11.6 Å². The van der Waals surface area contributed by atoms with E-state index in [2.05, 4.69) is 11.4 Å². The highest BCUT2D eigenvalue weighted by Gasteiger charge is 2.14. The molecule has 2 nitrogen and oxygen atoms in total. The van der Waals surface area contributed by atoms with Crippen molar-refractivity contribution < 1.29 is 4.79 Å². The Balaban J connectivity index is 1.99. The average molecular weight is 258 g/mol. The minimum absolute atomic E-state index is 0.0988. The lowest BCUT2D eigenvalue weighted by Crippen LogP contribution is -2.18. The van der Waals surface area contributed by atoms with Gasteiger partial charge in [-0.25, -0.2) is 0 Å². The molecule has 2 aromatic carbocycles. The number of benzene rings is 2. The van der Waals surface area contributed by atoms with E-state index in [0.717, 1.165) is 28.3 Å². The first-order valence-electron chi connectivity index (χ1n) is 5.91. The second-order valence-electron chi connectivity index (χ2n) is 4.43. The van der Waals surface area contributed by atoms with Crippen LogP contribution in [0.1, 0.15) is 12.0 Å². The SMILES string of the molecule is O=C1CCc2cc(-c3ccc(Cl)cc3)ccc2N1. The van der Waals surface area contributed by atoms with E-state index in [-0.39, 0.29) is 5.91 Å². The van der Waals surface area contributed by atoms with Crippen molar-refractivity contribution >= 4 is 23.2 Å². The highest BCUT2D eigenvalue weighted by atomic mass is 35.5. The van der Waals surface area contributed by atoms with Gasteiger partial charge in [0.25, 0.3) is 0 Å². The molecule has 1 N–H and O–H groups in total. The first-order valence-corrected chi connectivity index (χ1v) is 6.29. The number of rotatable bonds is 1. The molecule has 0 atom stereocenters. The van der Waals surface area contributed by atoms with Gasteiger partial charge in [-0.15, -0.1) is 0 Å². The van der Waals surface area contributed by atoms with Crippen molar-refractivity contribution in [2.45, 2.75) is 12.8 Å². The Labute approximate surface area is 111 Å². The number of hydrogen-bond acceptors (Lipinski definition) is 1.